The van der Waals surface area contributed by atoms with Crippen LogP contribution in [0.25, 0.3) is 0 Å². The van der Waals surface area contributed by atoms with Gasteiger partial charge in [-0.3, -0.25) is 4.79 Å². The van der Waals surface area contributed by atoms with Gasteiger partial charge in [-0.05, 0) is 30.4 Å². The molecule has 0 aromatic heterocycles. The Morgan fingerprint density at radius 2 is 2.00 bits per heavy atom. The Labute approximate surface area is 119 Å². The summed E-state index contributed by atoms with van der Waals surface area (Å²) in [7, 11) is 0. The highest BCUT2D eigenvalue weighted by molar-refractivity contribution is 7.97. The molecule has 1 aromatic rings. The molecule has 1 aliphatic rings. The van der Waals surface area contributed by atoms with Crippen LogP contribution >= 0.6 is 11.8 Å². The lowest BCUT2D eigenvalue weighted by molar-refractivity contribution is -0.0860. The van der Waals surface area contributed by atoms with Crippen molar-refractivity contribution in [1.82, 2.24) is 4.90 Å². The van der Waals surface area contributed by atoms with Crippen molar-refractivity contribution in [2.75, 3.05) is 19.3 Å². The molecule has 1 saturated heterocycles. The first-order valence-corrected chi connectivity index (χ1v) is 8.07. The van der Waals surface area contributed by atoms with Crippen LogP contribution in [0.2, 0.25) is 0 Å². The highest BCUT2D eigenvalue weighted by Crippen LogP contribution is 2.27. The van der Waals surface area contributed by atoms with E-state index in [1.807, 2.05) is 31.2 Å². The van der Waals surface area contributed by atoms with E-state index in [9.17, 15) is 9.90 Å². The SMILES string of the molecule is CCCC1(O)CN(C(=O)c2ccc(CSC)cc2)C1. The number of nitrogens with zero attached hydrogens (tertiary/aromatic N) is 1. The molecule has 0 saturated carbocycles. The van der Waals surface area contributed by atoms with E-state index in [0.29, 0.717) is 18.7 Å². The standard InChI is InChI=1S/C15H21NO2S/c1-3-8-15(18)10-16(11-15)14(17)13-6-4-12(5-7-13)9-19-2/h4-7,18H,3,8-11H2,1-2H3. The van der Waals surface area contributed by atoms with Crippen LogP contribution in [0, 0.1) is 0 Å². The minimum Gasteiger partial charge on any atom is -0.386 e. The van der Waals surface area contributed by atoms with Crippen LogP contribution in [0.4, 0.5) is 0 Å². The maximum atomic E-state index is 12.2. The third-order valence-electron chi connectivity index (χ3n) is 3.48. The van der Waals surface area contributed by atoms with Crippen LogP contribution in [0.3, 0.4) is 0 Å². The summed E-state index contributed by atoms with van der Waals surface area (Å²) in [6.45, 7) is 2.98. The van der Waals surface area contributed by atoms with Gasteiger partial charge in [0.2, 0.25) is 0 Å². The van der Waals surface area contributed by atoms with Crippen LogP contribution in [0.15, 0.2) is 24.3 Å². The van der Waals surface area contributed by atoms with E-state index in [1.54, 1.807) is 16.7 Å². The molecule has 0 unspecified atom stereocenters. The van der Waals surface area contributed by atoms with Crippen molar-refractivity contribution in [3.63, 3.8) is 0 Å². The van der Waals surface area contributed by atoms with E-state index in [-0.39, 0.29) is 5.91 Å². The molecular formula is C15H21NO2S. The molecule has 1 aromatic carbocycles. The highest BCUT2D eigenvalue weighted by atomic mass is 32.2. The minimum absolute atomic E-state index is 0.0245. The predicted octanol–water partition coefficient (Wildman–Crippen LogP) is 2.54. The van der Waals surface area contributed by atoms with E-state index >= 15 is 0 Å². The van der Waals surface area contributed by atoms with Gasteiger partial charge in [-0.15, -0.1) is 0 Å². The van der Waals surface area contributed by atoms with Gasteiger partial charge in [0.1, 0.15) is 0 Å². The Bertz CT molecular complexity index is 438. The summed E-state index contributed by atoms with van der Waals surface area (Å²) in [4.78, 5) is 13.9. The van der Waals surface area contributed by atoms with Crippen molar-refractivity contribution in [2.24, 2.45) is 0 Å². The number of likely N-dealkylation sites (tertiary alicyclic amines) is 1. The van der Waals surface area contributed by atoms with Gasteiger partial charge in [-0.1, -0.05) is 25.5 Å². The average molecular weight is 279 g/mol. The van der Waals surface area contributed by atoms with Crippen molar-refractivity contribution in [1.29, 1.82) is 0 Å². The molecular weight excluding hydrogens is 258 g/mol. The van der Waals surface area contributed by atoms with Gasteiger partial charge < -0.3 is 10.0 Å². The summed E-state index contributed by atoms with van der Waals surface area (Å²) < 4.78 is 0. The first-order chi connectivity index (χ1) is 9.08. The first kappa shape index (κ1) is 14.4. The summed E-state index contributed by atoms with van der Waals surface area (Å²) in [6, 6.07) is 7.76. The second-order valence-corrected chi connectivity index (χ2v) is 6.13. The van der Waals surface area contributed by atoms with Crippen molar-refractivity contribution in [3.8, 4) is 0 Å². The summed E-state index contributed by atoms with van der Waals surface area (Å²) in [6.07, 6.45) is 3.78. The molecule has 4 heteroatoms. The van der Waals surface area contributed by atoms with Crippen molar-refractivity contribution < 1.29 is 9.90 Å². The average Bonchev–Trinajstić information content (AvgIpc) is 2.36. The summed E-state index contributed by atoms with van der Waals surface area (Å²) in [5, 5.41) is 10.1. The fourth-order valence-corrected chi connectivity index (χ4v) is 3.05. The largest absolute Gasteiger partial charge is 0.386 e. The molecule has 2 rings (SSSR count). The molecule has 0 radical (unpaired) electrons. The Balaban J connectivity index is 1.94. The van der Waals surface area contributed by atoms with E-state index < -0.39 is 5.60 Å². The topological polar surface area (TPSA) is 40.5 Å². The van der Waals surface area contributed by atoms with Crippen LogP contribution < -0.4 is 0 Å². The lowest BCUT2D eigenvalue weighted by atomic mass is 9.88. The number of β-amino-alcohol motifs (C(OH)–C–C–N with tert-alkyl or cyclic N) is 1. The second-order valence-electron chi connectivity index (χ2n) is 5.27. The Morgan fingerprint density at radius 1 is 1.37 bits per heavy atom. The fourth-order valence-electron chi connectivity index (χ4n) is 2.52. The molecule has 0 spiro atoms. The van der Waals surface area contributed by atoms with Crippen molar-refractivity contribution in [2.45, 2.75) is 31.1 Å². The van der Waals surface area contributed by atoms with Gasteiger partial charge >= 0.3 is 0 Å². The van der Waals surface area contributed by atoms with Crippen LogP contribution in [0.5, 0.6) is 0 Å². The van der Waals surface area contributed by atoms with Crippen LogP contribution in [0.1, 0.15) is 35.7 Å². The van der Waals surface area contributed by atoms with Gasteiger partial charge in [0.25, 0.3) is 5.91 Å². The van der Waals surface area contributed by atoms with E-state index in [2.05, 4.69) is 6.26 Å². The number of thioether (sulfide) groups is 1. The highest BCUT2D eigenvalue weighted by Gasteiger charge is 2.42. The molecule has 104 valence electrons. The number of carbonyl (C=O) groups is 1. The second kappa shape index (κ2) is 5.97. The summed E-state index contributed by atoms with van der Waals surface area (Å²) in [5.41, 5.74) is 1.29. The third kappa shape index (κ3) is 3.31. The predicted molar refractivity (Wildman–Crippen MR) is 79.4 cm³/mol. The normalized spacial score (nSPS) is 17.1. The maximum absolute atomic E-state index is 12.2. The minimum atomic E-state index is -0.650. The molecule has 1 N–H and O–H groups in total. The zero-order chi connectivity index (χ0) is 13.9. The summed E-state index contributed by atoms with van der Waals surface area (Å²) in [5.74, 6) is 0.991. The van der Waals surface area contributed by atoms with Crippen molar-refractivity contribution in [3.05, 3.63) is 35.4 Å². The number of amides is 1. The van der Waals surface area contributed by atoms with E-state index in [4.69, 9.17) is 0 Å². The van der Waals surface area contributed by atoms with Gasteiger partial charge in [0.15, 0.2) is 0 Å². The quantitative estimate of drug-likeness (QED) is 0.900. The molecule has 0 aliphatic carbocycles. The summed E-state index contributed by atoms with van der Waals surface area (Å²) >= 11 is 1.77. The smallest absolute Gasteiger partial charge is 0.254 e. The van der Waals surface area contributed by atoms with Gasteiger partial charge in [-0.25, -0.2) is 0 Å². The maximum Gasteiger partial charge on any atom is 0.254 e. The molecule has 19 heavy (non-hydrogen) atoms. The molecule has 0 bridgehead atoms. The number of hydrogen-bond acceptors (Lipinski definition) is 3. The fraction of sp³-hybridized carbons (Fsp3) is 0.533. The van der Waals surface area contributed by atoms with E-state index in [1.165, 1.54) is 5.56 Å². The first-order valence-electron chi connectivity index (χ1n) is 6.67. The number of benzene rings is 1. The van der Waals surface area contributed by atoms with Gasteiger partial charge in [-0.2, -0.15) is 11.8 Å². The third-order valence-corrected chi connectivity index (χ3v) is 4.11. The lowest BCUT2D eigenvalue weighted by Crippen LogP contribution is -2.63. The number of aliphatic hydroxyl groups is 1. The molecule has 1 fully saturated rings. The van der Waals surface area contributed by atoms with Crippen molar-refractivity contribution >= 4 is 17.7 Å². The number of hydrogen-bond donors (Lipinski definition) is 1. The lowest BCUT2D eigenvalue weighted by Gasteiger charge is -2.46. The Kier molecular flexibility index (Phi) is 4.53. The molecule has 1 heterocycles. The van der Waals surface area contributed by atoms with Crippen LogP contribution in [-0.4, -0.2) is 40.9 Å². The van der Waals surface area contributed by atoms with E-state index in [0.717, 1.165) is 18.6 Å². The Morgan fingerprint density at radius 3 is 2.53 bits per heavy atom. The van der Waals surface area contributed by atoms with Crippen LogP contribution in [-0.2, 0) is 5.75 Å². The number of carbonyl (C=O) groups excluding carboxylic acids is 1. The molecule has 1 aliphatic heterocycles. The monoisotopic (exact) mass is 279 g/mol. The van der Waals surface area contributed by atoms with Gasteiger partial charge in [0.05, 0.1) is 18.7 Å². The molecule has 0 atom stereocenters. The van der Waals surface area contributed by atoms with Gasteiger partial charge in [0, 0.05) is 11.3 Å². The molecule has 1 amide bonds. The number of rotatable bonds is 5. The zero-order valence-corrected chi connectivity index (χ0v) is 12.4. The Hall–Kier alpha value is -1.00. The molecule has 3 nitrogen and oxygen atoms in total. The zero-order valence-electron chi connectivity index (χ0n) is 11.6.